The minimum atomic E-state index is 0.742. The summed E-state index contributed by atoms with van der Waals surface area (Å²) in [5.41, 5.74) is 1.97. The summed E-state index contributed by atoms with van der Waals surface area (Å²) in [6.45, 7) is 8.67. The van der Waals surface area contributed by atoms with Crippen molar-refractivity contribution >= 4 is 5.82 Å². The third kappa shape index (κ3) is 2.75. The second kappa shape index (κ2) is 5.15. The molecule has 1 saturated heterocycles. The van der Waals surface area contributed by atoms with E-state index >= 15 is 0 Å². The van der Waals surface area contributed by atoms with Gasteiger partial charge in [0.05, 0.1) is 17.9 Å². The topological polar surface area (TPSA) is 32.3 Å². The fourth-order valence-electron chi connectivity index (χ4n) is 2.07. The molecular weight excluding hydrogens is 212 g/mol. The number of hydrogen-bond donors (Lipinski definition) is 0. The third-order valence-corrected chi connectivity index (χ3v) is 3.04. The molecule has 0 aromatic carbocycles. The first-order valence-corrected chi connectivity index (χ1v) is 5.91. The van der Waals surface area contributed by atoms with Crippen molar-refractivity contribution in [3.63, 3.8) is 0 Å². The Labute approximate surface area is 103 Å². The minimum Gasteiger partial charge on any atom is -0.353 e. The van der Waals surface area contributed by atoms with Gasteiger partial charge in [-0.15, -0.1) is 6.42 Å². The van der Waals surface area contributed by atoms with Crippen LogP contribution >= 0.6 is 0 Å². The van der Waals surface area contributed by atoms with Crippen LogP contribution in [0.4, 0.5) is 5.82 Å². The van der Waals surface area contributed by atoms with Crippen molar-refractivity contribution in [2.24, 2.45) is 0 Å². The third-order valence-electron chi connectivity index (χ3n) is 3.04. The van der Waals surface area contributed by atoms with Crippen LogP contribution in [0.3, 0.4) is 0 Å². The summed E-state index contributed by atoms with van der Waals surface area (Å²) in [5.74, 6) is 3.71. The summed E-state index contributed by atoms with van der Waals surface area (Å²) in [5, 5.41) is 0. The summed E-state index contributed by atoms with van der Waals surface area (Å²) < 4.78 is 0. The van der Waals surface area contributed by atoms with Crippen LogP contribution in [0.5, 0.6) is 0 Å². The van der Waals surface area contributed by atoms with Gasteiger partial charge < -0.3 is 4.90 Å². The molecular formula is C13H18N4. The van der Waals surface area contributed by atoms with E-state index in [1.165, 1.54) is 0 Å². The number of hydrogen-bond acceptors (Lipinski definition) is 4. The van der Waals surface area contributed by atoms with Gasteiger partial charge in [0, 0.05) is 32.4 Å². The highest BCUT2D eigenvalue weighted by molar-refractivity contribution is 5.43. The Morgan fingerprint density at radius 2 is 2.00 bits per heavy atom. The molecule has 2 rings (SSSR count). The molecule has 0 unspecified atom stereocenters. The van der Waals surface area contributed by atoms with Crippen LogP contribution in [0.1, 0.15) is 11.4 Å². The highest BCUT2D eigenvalue weighted by Gasteiger charge is 2.19. The molecule has 0 aliphatic carbocycles. The van der Waals surface area contributed by atoms with E-state index in [1.54, 1.807) is 0 Å². The molecule has 0 N–H and O–H groups in total. The number of rotatable bonds is 2. The summed E-state index contributed by atoms with van der Waals surface area (Å²) >= 11 is 0. The van der Waals surface area contributed by atoms with Gasteiger partial charge in [0.15, 0.2) is 0 Å². The zero-order valence-electron chi connectivity index (χ0n) is 10.5. The van der Waals surface area contributed by atoms with Gasteiger partial charge in [-0.05, 0) is 13.8 Å². The Hall–Kier alpha value is -1.60. The van der Waals surface area contributed by atoms with Crippen LogP contribution in [0, 0.1) is 26.2 Å². The first kappa shape index (κ1) is 11.9. The average Bonchev–Trinajstić information content (AvgIpc) is 2.34. The summed E-state index contributed by atoms with van der Waals surface area (Å²) in [4.78, 5) is 13.5. The van der Waals surface area contributed by atoms with Crippen molar-refractivity contribution < 1.29 is 0 Å². The van der Waals surface area contributed by atoms with E-state index in [1.807, 2.05) is 20.0 Å². The molecule has 0 atom stereocenters. The van der Waals surface area contributed by atoms with Crippen LogP contribution in [-0.2, 0) is 0 Å². The molecule has 0 saturated carbocycles. The van der Waals surface area contributed by atoms with E-state index in [2.05, 4.69) is 25.7 Å². The quantitative estimate of drug-likeness (QED) is 0.705. The minimum absolute atomic E-state index is 0.742. The Morgan fingerprint density at radius 1 is 1.29 bits per heavy atom. The van der Waals surface area contributed by atoms with Gasteiger partial charge in [-0.2, -0.15) is 0 Å². The van der Waals surface area contributed by atoms with E-state index in [9.17, 15) is 0 Å². The molecule has 1 fully saturated rings. The number of aromatic nitrogens is 2. The Kier molecular flexibility index (Phi) is 3.60. The Balaban J connectivity index is 2.05. The fourth-order valence-corrected chi connectivity index (χ4v) is 2.07. The number of piperazine rings is 1. The molecule has 0 radical (unpaired) electrons. The van der Waals surface area contributed by atoms with E-state index in [-0.39, 0.29) is 0 Å². The lowest BCUT2D eigenvalue weighted by Gasteiger charge is -2.34. The molecule has 1 aromatic rings. The highest BCUT2D eigenvalue weighted by Crippen LogP contribution is 2.17. The Bertz CT molecular complexity index is 428. The second-order valence-corrected chi connectivity index (χ2v) is 4.39. The largest absolute Gasteiger partial charge is 0.353 e. The zero-order chi connectivity index (χ0) is 12.3. The lowest BCUT2D eigenvalue weighted by molar-refractivity contribution is 0.287. The number of nitrogens with zero attached hydrogens (tertiary/aromatic N) is 4. The van der Waals surface area contributed by atoms with E-state index < -0.39 is 0 Å². The maximum absolute atomic E-state index is 5.32. The van der Waals surface area contributed by atoms with Gasteiger partial charge in [-0.1, -0.05) is 5.92 Å². The van der Waals surface area contributed by atoms with Crippen molar-refractivity contribution in [3.05, 3.63) is 17.6 Å². The average molecular weight is 230 g/mol. The molecule has 17 heavy (non-hydrogen) atoms. The van der Waals surface area contributed by atoms with Crippen molar-refractivity contribution in [2.45, 2.75) is 13.8 Å². The van der Waals surface area contributed by atoms with Gasteiger partial charge >= 0.3 is 0 Å². The van der Waals surface area contributed by atoms with Crippen LogP contribution < -0.4 is 4.90 Å². The number of terminal acetylenes is 1. The van der Waals surface area contributed by atoms with Gasteiger partial charge in [-0.3, -0.25) is 9.88 Å². The summed E-state index contributed by atoms with van der Waals surface area (Å²) in [6, 6.07) is 0. The molecule has 0 bridgehead atoms. The molecule has 4 nitrogen and oxygen atoms in total. The van der Waals surface area contributed by atoms with E-state index in [4.69, 9.17) is 6.42 Å². The zero-order valence-corrected chi connectivity index (χ0v) is 10.5. The van der Waals surface area contributed by atoms with Gasteiger partial charge in [0.1, 0.15) is 5.82 Å². The normalized spacial score (nSPS) is 16.9. The molecule has 1 aliphatic rings. The molecule has 90 valence electrons. The Morgan fingerprint density at radius 3 is 2.65 bits per heavy atom. The standard InChI is InChI=1S/C13H18N4/c1-4-5-16-6-8-17(9-7-16)13-12(3)14-10-11(2)15-13/h1,10H,5-9H2,2-3H3. The lowest BCUT2D eigenvalue weighted by Crippen LogP contribution is -2.47. The van der Waals surface area contributed by atoms with Gasteiger partial charge in [0.2, 0.25) is 0 Å². The molecule has 0 amide bonds. The maximum Gasteiger partial charge on any atom is 0.150 e. The first-order valence-electron chi connectivity index (χ1n) is 5.91. The van der Waals surface area contributed by atoms with Crippen molar-refractivity contribution in [2.75, 3.05) is 37.6 Å². The molecule has 0 spiro atoms. The van der Waals surface area contributed by atoms with Gasteiger partial charge in [-0.25, -0.2) is 4.98 Å². The maximum atomic E-state index is 5.32. The predicted molar refractivity (Wildman–Crippen MR) is 69.0 cm³/mol. The van der Waals surface area contributed by atoms with Crippen molar-refractivity contribution in [3.8, 4) is 12.3 Å². The molecule has 1 aliphatic heterocycles. The predicted octanol–water partition coefficient (Wildman–Crippen LogP) is 0.849. The molecule has 1 aromatic heterocycles. The van der Waals surface area contributed by atoms with Crippen LogP contribution in [0.15, 0.2) is 6.20 Å². The fraction of sp³-hybridized carbons (Fsp3) is 0.538. The number of aryl methyl sites for hydroxylation is 2. The SMILES string of the molecule is C#CCN1CCN(c2nc(C)cnc2C)CC1. The lowest BCUT2D eigenvalue weighted by atomic mass is 10.3. The summed E-state index contributed by atoms with van der Waals surface area (Å²) in [6.07, 6.45) is 7.13. The van der Waals surface area contributed by atoms with Crippen molar-refractivity contribution in [1.82, 2.24) is 14.9 Å². The van der Waals surface area contributed by atoms with Crippen LogP contribution in [0.2, 0.25) is 0 Å². The van der Waals surface area contributed by atoms with Crippen LogP contribution in [0.25, 0.3) is 0 Å². The molecule has 4 heteroatoms. The summed E-state index contributed by atoms with van der Waals surface area (Å²) in [7, 11) is 0. The second-order valence-electron chi connectivity index (χ2n) is 4.39. The van der Waals surface area contributed by atoms with Crippen LogP contribution in [-0.4, -0.2) is 47.6 Å². The molecule has 2 heterocycles. The highest BCUT2D eigenvalue weighted by atomic mass is 15.3. The first-order chi connectivity index (χ1) is 8.20. The van der Waals surface area contributed by atoms with Crippen molar-refractivity contribution in [1.29, 1.82) is 0 Å². The number of anilines is 1. The van der Waals surface area contributed by atoms with E-state index in [0.29, 0.717) is 0 Å². The van der Waals surface area contributed by atoms with E-state index in [0.717, 1.165) is 49.9 Å². The van der Waals surface area contributed by atoms with Gasteiger partial charge in [0.25, 0.3) is 0 Å². The monoisotopic (exact) mass is 230 g/mol. The smallest absolute Gasteiger partial charge is 0.150 e.